The molecule has 0 saturated heterocycles. The highest BCUT2D eigenvalue weighted by Crippen LogP contribution is 2.19. The maximum atomic E-state index is 5.38. The first-order valence-electron chi connectivity index (χ1n) is 4.08. The highest BCUT2D eigenvalue weighted by molar-refractivity contribution is 5.48. The molecule has 2 rings (SSSR count). The smallest absolute Gasteiger partial charge is 0.248 e. The van der Waals surface area contributed by atoms with Gasteiger partial charge in [-0.05, 0) is 18.9 Å². The molecule has 0 aliphatic heterocycles. The Balaban J connectivity index is 2.11. The van der Waals surface area contributed by atoms with Crippen molar-refractivity contribution in [3.63, 3.8) is 0 Å². The van der Waals surface area contributed by atoms with Gasteiger partial charge in [0, 0.05) is 5.70 Å². The van der Waals surface area contributed by atoms with Gasteiger partial charge in [-0.1, -0.05) is 12.2 Å². The molecule has 1 aliphatic rings. The predicted molar refractivity (Wildman–Crippen MR) is 50.9 cm³/mol. The number of H-pyrrole nitrogens is 1. The first-order valence-corrected chi connectivity index (χ1v) is 4.08. The molecule has 0 unspecified atom stereocenters. The van der Waals surface area contributed by atoms with E-state index in [1.807, 2.05) is 6.92 Å². The number of hydrogen-bond donors (Lipinski definition) is 3. The second kappa shape index (κ2) is 2.93. The van der Waals surface area contributed by atoms with Crippen LogP contribution in [-0.2, 0) is 0 Å². The van der Waals surface area contributed by atoms with Gasteiger partial charge in [0.15, 0.2) is 0 Å². The molecule has 68 valence electrons. The number of anilines is 2. The third-order valence-corrected chi connectivity index (χ3v) is 1.92. The normalized spacial score (nSPS) is 15.5. The molecule has 0 aromatic carbocycles. The Kier molecular flexibility index (Phi) is 1.77. The second-order valence-corrected chi connectivity index (χ2v) is 2.91. The van der Waals surface area contributed by atoms with Gasteiger partial charge < -0.3 is 11.1 Å². The average molecular weight is 177 g/mol. The topological polar surface area (TPSA) is 79.6 Å². The first kappa shape index (κ1) is 7.85. The maximum Gasteiger partial charge on any atom is 0.248 e. The molecule has 0 spiro atoms. The Labute approximate surface area is 75.7 Å². The Morgan fingerprint density at radius 1 is 1.54 bits per heavy atom. The van der Waals surface area contributed by atoms with Crippen molar-refractivity contribution in [3.05, 3.63) is 23.4 Å². The minimum absolute atomic E-state index is 0.322. The van der Waals surface area contributed by atoms with Crippen LogP contribution in [0.25, 0.3) is 0 Å². The maximum absolute atomic E-state index is 5.38. The summed E-state index contributed by atoms with van der Waals surface area (Å²) in [5.41, 5.74) is 7.65. The molecule has 1 heterocycles. The molecular formula is C8H11N5. The van der Waals surface area contributed by atoms with Gasteiger partial charge in [-0.25, -0.2) is 5.10 Å². The van der Waals surface area contributed by atoms with E-state index in [2.05, 4.69) is 32.7 Å². The van der Waals surface area contributed by atoms with E-state index >= 15 is 0 Å². The number of nitrogen functional groups attached to an aromatic ring is 1. The third kappa shape index (κ3) is 1.53. The Morgan fingerprint density at radius 2 is 2.38 bits per heavy atom. The molecular weight excluding hydrogens is 166 g/mol. The fraction of sp³-hybridized carbons (Fsp3) is 0.250. The summed E-state index contributed by atoms with van der Waals surface area (Å²) in [6.45, 7) is 2.04. The Morgan fingerprint density at radius 3 is 2.92 bits per heavy atom. The van der Waals surface area contributed by atoms with Crippen molar-refractivity contribution in [3.8, 4) is 0 Å². The molecule has 0 radical (unpaired) electrons. The summed E-state index contributed by atoms with van der Waals surface area (Å²) in [4.78, 5) is 3.94. The van der Waals surface area contributed by atoms with E-state index in [1.54, 1.807) is 0 Å². The van der Waals surface area contributed by atoms with Crippen molar-refractivity contribution >= 4 is 11.9 Å². The molecule has 1 aliphatic carbocycles. The highest BCUT2D eigenvalue weighted by Gasteiger charge is 2.07. The van der Waals surface area contributed by atoms with Gasteiger partial charge in [0.05, 0.1) is 0 Å². The standard InChI is InChI=1S/C8H11N5/c1-5-3-2-4-6(5)10-8-11-7(9)12-13-8/h3-4H,2H2,1H3,(H4,9,10,11,12,13). The van der Waals surface area contributed by atoms with Gasteiger partial charge in [-0.2, -0.15) is 4.98 Å². The molecule has 0 bridgehead atoms. The number of nitrogens with zero attached hydrogens (tertiary/aromatic N) is 2. The fourth-order valence-corrected chi connectivity index (χ4v) is 1.22. The number of nitrogens with two attached hydrogens (primary N) is 1. The quantitative estimate of drug-likeness (QED) is 0.630. The summed E-state index contributed by atoms with van der Waals surface area (Å²) in [6.07, 6.45) is 5.19. The Hall–Kier alpha value is -1.78. The van der Waals surface area contributed by atoms with Crippen molar-refractivity contribution < 1.29 is 0 Å². The van der Waals surface area contributed by atoms with Gasteiger partial charge in [0.1, 0.15) is 0 Å². The summed E-state index contributed by atoms with van der Waals surface area (Å²) < 4.78 is 0. The SMILES string of the molecule is CC1=CCC=C1Nc1n[nH]c(N)n1. The number of nitrogens with one attached hydrogen (secondary N) is 2. The minimum atomic E-state index is 0.322. The molecule has 5 nitrogen and oxygen atoms in total. The number of rotatable bonds is 2. The lowest BCUT2D eigenvalue weighted by Crippen LogP contribution is -2.00. The van der Waals surface area contributed by atoms with E-state index in [0.717, 1.165) is 12.1 Å². The lowest BCUT2D eigenvalue weighted by Gasteiger charge is -2.02. The number of hydrogen-bond acceptors (Lipinski definition) is 4. The molecule has 4 N–H and O–H groups in total. The molecule has 0 saturated carbocycles. The highest BCUT2D eigenvalue weighted by atomic mass is 15.3. The van der Waals surface area contributed by atoms with Crippen LogP contribution in [-0.4, -0.2) is 15.2 Å². The van der Waals surface area contributed by atoms with Crippen molar-refractivity contribution in [2.24, 2.45) is 0 Å². The lowest BCUT2D eigenvalue weighted by molar-refractivity contribution is 1.09. The van der Waals surface area contributed by atoms with E-state index in [0.29, 0.717) is 11.9 Å². The zero-order valence-electron chi connectivity index (χ0n) is 7.33. The predicted octanol–water partition coefficient (Wildman–Crippen LogP) is 1.03. The van der Waals surface area contributed by atoms with Crippen LogP contribution in [0.1, 0.15) is 13.3 Å². The molecule has 1 aromatic heterocycles. The van der Waals surface area contributed by atoms with E-state index in [-0.39, 0.29) is 0 Å². The second-order valence-electron chi connectivity index (χ2n) is 2.91. The van der Waals surface area contributed by atoms with Crippen LogP contribution in [0.2, 0.25) is 0 Å². The summed E-state index contributed by atoms with van der Waals surface area (Å²) in [7, 11) is 0. The summed E-state index contributed by atoms with van der Waals surface area (Å²) in [5, 5.41) is 9.51. The molecule has 0 fully saturated rings. The van der Waals surface area contributed by atoms with Crippen LogP contribution in [0.3, 0.4) is 0 Å². The average Bonchev–Trinajstić information content (AvgIpc) is 2.64. The molecule has 1 aromatic rings. The van der Waals surface area contributed by atoms with E-state index in [9.17, 15) is 0 Å². The molecule has 13 heavy (non-hydrogen) atoms. The van der Waals surface area contributed by atoms with Gasteiger partial charge in [-0.15, -0.1) is 5.10 Å². The van der Waals surface area contributed by atoms with Crippen molar-refractivity contribution in [1.29, 1.82) is 0 Å². The zero-order valence-corrected chi connectivity index (χ0v) is 7.33. The zero-order chi connectivity index (χ0) is 9.26. The van der Waals surface area contributed by atoms with Gasteiger partial charge in [0.25, 0.3) is 0 Å². The lowest BCUT2D eigenvalue weighted by atomic mass is 10.3. The van der Waals surface area contributed by atoms with Crippen LogP contribution in [0.4, 0.5) is 11.9 Å². The van der Waals surface area contributed by atoms with Gasteiger partial charge >= 0.3 is 0 Å². The van der Waals surface area contributed by atoms with Gasteiger partial charge in [-0.3, -0.25) is 0 Å². The third-order valence-electron chi connectivity index (χ3n) is 1.92. The summed E-state index contributed by atoms with van der Waals surface area (Å²) in [6, 6.07) is 0. The Bertz CT molecular complexity index is 374. The summed E-state index contributed by atoms with van der Waals surface area (Å²) >= 11 is 0. The van der Waals surface area contributed by atoms with E-state index in [4.69, 9.17) is 5.73 Å². The fourth-order valence-electron chi connectivity index (χ4n) is 1.22. The van der Waals surface area contributed by atoms with Gasteiger partial charge in [0.2, 0.25) is 11.9 Å². The monoisotopic (exact) mass is 177 g/mol. The largest absolute Gasteiger partial charge is 0.368 e. The first-order chi connectivity index (χ1) is 6.25. The van der Waals surface area contributed by atoms with Crippen LogP contribution in [0.5, 0.6) is 0 Å². The number of allylic oxidation sites excluding steroid dienone is 3. The molecule has 0 amide bonds. The van der Waals surface area contributed by atoms with Crippen molar-refractivity contribution in [1.82, 2.24) is 15.2 Å². The van der Waals surface area contributed by atoms with Crippen LogP contribution < -0.4 is 11.1 Å². The van der Waals surface area contributed by atoms with Crippen molar-refractivity contribution in [2.75, 3.05) is 11.1 Å². The minimum Gasteiger partial charge on any atom is -0.368 e. The van der Waals surface area contributed by atoms with E-state index in [1.165, 1.54) is 5.57 Å². The van der Waals surface area contributed by atoms with Crippen LogP contribution in [0, 0.1) is 0 Å². The van der Waals surface area contributed by atoms with Crippen LogP contribution in [0.15, 0.2) is 23.4 Å². The number of aromatic nitrogens is 3. The molecule has 0 atom stereocenters. The van der Waals surface area contributed by atoms with Crippen molar-refractivity contribution in [2.45, 2.75) is 13.3 Å². The van der Waals surface area contributed by atoms with Crippen LogP contribution >= 0.6 is 0 Å². The molecule has 5 heteroatoms. The van der Waals surface area contributed by atoms with E-state index < -0.39 is 0 Å². The number of aromatic amines is 1. The summed E-state index contributed by atoms with van der Waals surface area (Å²) in [5.74, 6) is 0.834.